The molecule has 2 N–H and O–H groups in total. The van der Waals surface area contributed by atoms with Crippen molar-refractivity contribution >= 4 is 11.9 Å². The van der Waals surface area contributed by atoms with Gasteiger partial charge in [-0.2, -0.15) is 0 Å². The van der Waals surface area contributed by atoms with E-state index in [1.54, 1.807) is 41.0 Å². The second kappa shape index (κ2) is 9.07. The molecule has 0 fully saturated rings. The van der Waals surface area contributed by atoms with Gasteiger partial charge in [-0.3, -0.25) is 4.79 Å². The van der Waals surface area contributed by atoms with Gasteiger partial charge in [0.05, 0.1) is 18.8 Å². The Hall–Kier alpha value is -3.55. The molecule has 0 saturated heterocycles. The van der Waals surface area contributed by atoms with Crippen LogP contribution in [0.3, 0.4) is 0 Å². The van der Waals surface area contributed by atoms with Gasteiger partial charge in [0.25, 0.3) is 5.91 Å². The predicted molar refractivity (Wildman–Crippen MR) is 116 cm³/mol. The molecule has 3 rings (SSSR count). The fourth-order valence-corrected chi connectivity index (χ4v) is 3.53. The molecular weight excluding hydrogens is 396 g/mol. The first kappa shape index (κ1) is 22.1. The maximum Gasteiger partial charge on any atom is 0.340 e. The number of H-pyrrole nitrogens is 1. The number of hydrogen-bond acceptors (Lipinski definition) is 5. The van der Waals surface area contributed by atoms with Crippen LogP contribution < -0.4 is 10.1 Å². The number of carbonyl (C=O) groups excluding carboxylic acids is 2. The molecule has 164 valence electrons. The number of hydrogen-bond donors (Lipinski definition) is 2. The number of amides is 1. The van der Waals surface area contributed by atoms with E-state index in [2.05, 4.69) is 15.3 Å². The first-order valence-corrected chi connectivity index (χ1v) is 10.0. The molecule has 0 bridgehead atoms. The highest BCUT2D eigenvalue weighted by molar-refractivity contribution is 6.00. The summed E-state index contributed by atoms with van der Waals surface area (Å²) in [6.07, 6.45) is 3.25. The summed E-state index contributed by atoms with van der Waals surface area (Å²) in [6.45, 7) is 7.05. The molecule has 2 heterocycles. The molecule has 31 heavy (non-hydrogen) atoms. The Bertz CT molecular complexity index is 1100. The van der Waals surface area contributed by atoms with Gasteiger partial charge in [-0.05, 0) is 51.0 Å². The predicted octanol–water partition coefficient (Wildman–Crippen LogP) is 3.46. The minimum Gasteiger partial charge on any atom is -0.497 e. The van der Waals surface area contributed by atoms with Crippen molar-refractivity contribution in [3.8, 4) is 5.75 Å². The number of esters is 1. The van der Waals surface area contributed by atoms with Crippen LogP contribution in [0.4, 0.5) is 0 Å². The molecule has 0 aliphatic carbocycles. The molecule has 1 unspecified atom stereocenters. The average Bonchev–Trinajstić information content (AvgIpc) is 3.27. The van der Waals surface area contributed by atoms with Crippen molar-refractivity contribution in [1.29, 1.82) is 0 Å². The molecule has 3 aromatic rings. The number of nitrogens with one attached hydrogen (secondary N) is 2. The van der Waals surface area contributed by atoms with Crippen LogP contribution in [-0.4, -0.2) is 39.6 Å². The number of rotatable bonds is 7. The number of aryl methyl sites for hydroxylation is 2. The quantitative estimate of drug-likeness (QED) is 0.566. The Kier molecular flexibility index (Phi) is 6.48. The maximum atomic E-state index is 13.3. The monoisotopic (exact) mass is 424 g/mol. The number of nitrogens with zero attached hydrogens (tertiary/aromatic N) is 2. The van der Waals surface area contributed by atoms with Crippen LogP contribution in [0.5, 0.6) is 5.75 Å². The smallest absolute Gasteiger partial charge is 0.340 e. The summed E-state index contributed by atoms with van der Waals surface area (Å²) in [5.41, 5.74) is 2.65. The summed E-state index contributed by atoms with van der Waals surface area (Å²) in [4.78, 5) is 33.2. The largest absolute Gasteiger partial charge is 0.497 e. The molecule has 1 aromatic carbocycles. The second-order valence-electron chi connectivity index (χ2n) is 7.66. The first-order chi connectivity index (χ1) is 14.7. The van der Waals surface area contributed by atoms with Gasteiger partial charge in [0.15, 0.2) is 0 Å². The van der Waals surface area contributed by atoms with Crippen LogP contribution in [0, 0.1) is 13.8 Å². The average molecular weight is 425 g/mol. The third kappa shape index (κ3) is 4.63. The number of aromatic amines is 1. The van der Waals surface area contributed by atoms with Gasteiger partial charge in [0.1, 0.15) is 23.3 Å². The number of imidazole rings is 1. The molecule has 0 aliphatic heterocycles. The Balaban J connectivity index is 1.96. The maximum absolute atomic E-state index is 13.3. The van der Waals surface area contributed by atoms with Gasteiger partial charge >= 0.3 is 5.97 Å². The number of methoxy groups -OCH3 is 1. The fourth-order valence-electron chi connectivity index (χ4n) is 3.53. The van der Waals surface area contributed by atoms with Crippen molar-refractivity contribution in [2.75, 3.05) is 7.11 Å². The minimum absolute atomic E-state index is 0.251. The van der Waals surface area contributed by atoms with E-state index in [9.17, 15) is 9.59 Å². The van der Waals surface area contributed by atoms with E-state index in [1.807, 2.05) is 42.1 Å². The summed E-state index contributed by atoms with van der Waals surface area (Å²) in [5.74, 6) is 0.548. The lowest BCUT2D eigenvalue weighted by molar-refractivity contribution is 0.0376. The fraction of sp³-hybridized carbons (Fsp3) is 0.348. The molecule has 8 nitrogen and oxygen atoms in total. The molecule has 0 saturated carbocycles. The lowest BCUT2D eigenvalue weighted by atomic mass is 10.0. The van der Waals surface area contributed by atoms with Crippen LogP contribution in [0.2, 0.25) is 0 Å². The van der Waals surface area contributed by atoms with E-state index in [1.165, 1.54) is 0 Å². The zero-order chi connectivity index (χ0) is 22.7. The Labute approximate surface area is 181 Å². The van der Waals surface area contributed by atoms with Crippen LogP contribution in [0.15, 0.2) is 36.7 Å². The molecule has 2 aromatic heterocycles. The SMILES string of the molecule is COc1cccc(C(NC(=O)c2[nH]c(C)c(C(=O)OC(C)C)c2C)c2nccn2C)c1. The molecule has 1 amide bonds. The molecule has 0 radical (unpaired) electrons. The number of ether oxygens (including phenoxy) is 2. The van der Waals surface area contributed by atoms with E-state index < -0.39 is 12.0 Å². The van der Waals surface area contributed by atoms with E-state index in [0.717, 1.165) is 5.56 Å². The van der Waals surface area contributed by atoms with E-state index in [-0.39, 0.29) is 12.0 Å². The second-order valence-corrected chi connectivity index (χ2v) is 7.66. The molecule has 0 aliphatic rings. The van der Waals surface area contributed by atoms with Gasteiger partial charge in [-0.25, -0.2) is 9.78 Å². The summed E-state index contributed by atoms with van der Waals surface area (Å²) in [7, 11) is 3.46. The highest BCUT2D eigenvalue weighted by Gasteiger charge is 2.27. The van der Waals surface area contributed by atoms with Crippen LogP contribution in [-0.2, 0) is 11.8 Å². The van der Waals surface area contributed by atoms with Gasteiger partial charge < -0.3 is 24.3 Å². The third-order valence-electron chi connectivity index (χ3n) is 5.03. The Morgan fingerprint density at radius 1 is 1.23 bits per heavy atom. The van der Waals surface area contributed by atoms with E-state index in [4.69, 9.17) is 9.47 Å². The standard InChI is InChI=1S/C23H28N4O4/c1-13(2)31-23(29)18-14(3)19(25-15(18)4)22(28)26-20(21-24-10-11-27(21)5)16-8-7-9-17(12-16)30-6/h7-13,20,25H,1-6H3,(H,26,28). The zero-order valence-electron chi connectivity index (χ0n) is 18.6. The van der Waals surface area contributed by atoms with Crippen molar-refractivity contribution < 1.29 is 19.1 Å². The molecule has 8 heteroatoms. The van der Waals surface area contributed by atoms with Crippen molar-refractivity contribution in [3.05, 3.63) is 70.6 Å². The van der Waals surface area contributed by atoms with E-state index in [0.29, 0.717) is 34.1 Å². The molecule has 0 spiro atoms. The third-order valence-corrected chi connectivity index (χ3v) is 5.03. The number of aromatic nitrogens is 3. The zero-order valence-corrected chi connectivity index (χ0v) is 18.6. The first-order valence-electron chi connectivity index (χ1n) is 10.0. The van der Waals surface area contributed by atoms with Gasteiger partial charge in [-0.1, -0.05) is 12.1 Å². The van der Waals surface area contributed by atoms with Crippen LogP contribution in [0.1, 0.15) is 63.4 Å². The highest BCUT2D eigenvalue weighted by Crippen LogP contribution is 2.26. The van der Waals surface area contributed by atoms with Crippen LogP contribution in [0.25, 0.3) is 0 Å². The molecular formula is C23H28N4O4. The normalized spacial score (nSPS) is 12.0. The van der Waals surface area contributed by atoms with Gasteiger partial charge in [-0.15, -0.1) is 0 Å². The van der Waals surface area contributed by atoms with Crippen molar-refractivity contribution in [2.24, 2.45) is 7.05 Å². The lowest BCUT2D eigenvalue weighted by Crippen LogP contribution is -2.31. The summed E-state index contributed by atoms with van der Waals surface area (Å²) in [5, 5.41) is 3.04. The summed E-state index contributed by atoms with van der Waals surface area (Å²) < 4.78 is 12.5. The Morgan fingerprint density at radius 2 is 1.97 bits per heavy atom. The number of benzene rings is 1. The topological polar surface area (TPSA) is 98.2 Å². The number of carbonyl (C=O) groups is 2. The highest BCUT2D eigenvalue weighted by atomic mass is 16.5. The Morgan fingerprint density at radius 3 is 2.58 bits per heavy atom. The van der Waals surface area contributed by atoms with E-state index >= 15 is 0 Å². The van der Waals surface area contributed by atoms with Gasteiger partial charge in [0.2, 0.25) is 0 Å². The summed E-state index contributed by atoms with van der Waals surface area (Å²) >= 11 is 0. The minimum atomic E-state index is -0.517. The van der Waals surface area contributed by atoms with Crippen molar-refractivity contribution in [1.82, 2.24) is 19.9 Å². The van der Waals surface area contributed by atoms with Crippen molar-refractivity contribution in [2.45, 2.75) is 39.8 Å². The lowest BCUT2D eigenvalue weighted by Gasteiger charge is -2.19. The van der Waals surface area contributed by atoms with Crippen molar-refractivity contribution in [3.63, 3.8) is 0 Å². The van der Waals surface area contributed by atoms with Crippen LogP contribution >= 0.6 is 0 Å². The molecule has 1 atom stereocenters. The summed E-state index contributed by atoms with van der Waals surface area (Å²) in [6, 6.07) is 6.95. The van der Waals surface area contributed by atoms with Gasteiger partial charge in [0, 0.05) is 25.1 Å².